The summed E-state index contributed by atoms with van der Waals surface area (Å²) in [4.78, 5) is 23.0. The van der Waals surface area contributed by atoms with E-state index >= 15 is 0 Å². The minimum Gasteiger partial charge on any atom is -0.451 e. The molecule has 1 amide bonds. The van der Waals surface area contributed by atoms with E-state index in [9.17, 15) is 4.79 Å². The maximum absolute atomic E-state index is 12.8. The van der Waals surface area contributed by atoms with Gasteiger partial charge in [0.15, 0.2) is 5.76 Å². The van der Waals surface area contributed by atoms with E-state index in [4.69, 9.17) is 9.40 Å². The quantitative estimate of drug-likeness (QED) is 0.495. The average Bonchev–Trinajstić information content (AvgIpc) is 3.47. The fraction of sp³-hybridized carbons (Fsp3) is 0.238. The summed E-state index contributed by atoms with van der Waals surface area (Å²) >= 11 is 3.42. The normalized spacial score (nSPS) is 15.4. The molecule has 4 aromatic rings. The van der Waals surface area contributed by atoms with Gasteiger partial charge >= 0.3 is 0 Å². The number of aromatic nitrogens is 1. The molecule has 1 aromatic carbocycles. The Kier molecular flexibility index (Phi) is 4.72. The number of hydrogen-bond donors (Lipinski definition) is 0. The third kappa shape index (κ3) is 3.48. The van der Waals surface area contributed by atoms with Crippen LogP contribution in [0.2, 0.25) is 0 Å². The van der Waals surface area contributed by atoms with E-state index in [0.29, 0.717) is 18.8 Å². The number of benzene rings is 1. The monoisotopic (exact) mass is 409 g/mol. The van der Waals surface area contributed by atoms with Gasteiger partial charge in [-0.05, 0) is 23.6 Å². The van der Waals surface area contributed by atoms with Crippen molar-refractivity contribution in [3.63, 3.8) is 0 Å². The molecule has 0 N–H and O–H groups in total. The molecule has 0 atom stereocenters. The number of amides is 1. The Balaban J connectivity index is 1.20. The Hall–Kier alpha value is -2.48. The zero-order valence-electron chi connectivity index (χ0n) is 15.2. The van der Waals surface area contributed by atoms with E-state index in [-0.39, 0.29) is 5.91 Å². The van der Waals surface area contributed by atoms with Crippen molar-refractivity contribution in [2.75, 3.05) is 26.2 Å². The lowest BCUT2D eigenvalue weighted by Crippen LogP contribution is -2.48. The SMILES string of the molecule is O=C(c1cc2ccccc2o1)N1CCN(Cc2nc(-c3cccs3)cs2)CC1. The number of para-hydroxylation sites is 1. The van der Waals surface area contributed by atoms with E-state index in [1.54, 1.807) is 22.7 Å². The number of carbonyl (C=O) groups is 1. The maximum Gasteiger partial charge on any atom is 0.289 e. The largest absolute Gasteiger partial charge is 0.451 e. The Bertz CT molecular complexity index is 1060. The third-order valence-corrected chi connectivity index (χ3v) is 6.71. The van der Waals surface area contributed by atoms with Crippen LogP contribution in [0.15, 0.2) is 57.6 Å². The highest BCUT2D eigenvalue weighted by Crippen LogP contribution is 2.27. The fourth-order valence-electron chi connectivity index (χ4n) is 3.46. The Morgan fingerprint density at radius 3 is 2.71 bits per heavy atom. The predicted molar refractivity (Wildman–Crippen MR) is 113 cm³/mol. The molecule has 0 unspecified atom stereocenters. The molecular formula is C21H19N3O2S2. The van der Waals surface area contributed by atoms with Crippen LogP contribution in [0.1, 0.15) is 15.6 Å². The minimum absolute atomic E-state index is 0.0231. The van der Waals surface area contributed by atoms with Crippen LogP contribution in [0.25, 0.3) is 21.5 Å². The zero-order valence-corrected chi connectivity index (χ0v) is 16.8. The van der Waals surface area contributed by atoms with Crippen LogP contribution in [0.5, 0.6) is 0 Å². The molecular weight excluding hydrogens is 390 g/mol. The number of furan rings is 1. The first-order valence-corrected chi connectivity index (χ1v) is 11.0. The van der Waals surface area contributed by atoms with E-state index in [1.165, 1.54) is 4.88 Å². The van der Waals surface area contributed by atoms with E-state index in [2.05, 4.69) is 27.8 Å². The lowest BCUT2D eigenvalue weighted by atomic mass is 10.2. The van der Waals surface area contributed by atoms with Crippen LogP contribution in [-0.4, -0.2) is 46.9 Å². The number of thiazole rings is 1. The molecule has 7 heteroatoms. The molecule has 0 aliphatic carbocycles. The van der Waals surface area contributed by atoms with Crippen LogP contribution < -0.4 is 0 Å². The molecule has 3 aromatic heterocycles. The summed E-state index contributed by atoms with van der Waals surface area (Å²) in [5.41, 5.74) is 1.82. The molecule has 5 rings (SSSR count). The number of carbonyl (C=O) groups excluding carboxylic acids is 1. The van der Waals surface area contributed by atoms with Crippen LogP contribution >= 0.6 is 22.7 Å². The lowest BCUT2D eigenvalue weighted by Gasteiger charge is -2.33. The van der Waals surface area contributed by atoms with Gasteiger partial charge in [0, 0.05) is 36.9 Å². The molecule has 5 nitrogen and oxygen atoms in total. The van der Waals surface area contributed by atoms with Crippen molar-refractivity contribution < 1.29 is 9.21 Å². The second kappa shape index (κ2) is 7.50. The van der Waals surface area contributed by atoms with Gasteiger partial charge in [0.05, 0.1) is 17.1 Å². The third-order valence-electron chi connectivity index (χ3n) is 4.98. The standard InChI is InChI=1S/C21H19N3O2S2/c25-21(18-12-15-4-1-2-5-17(15)26-18)24-9-7-23(8-10-24)13-20-22-16(14-28-20)19-6-3-11-27-19/h1-6,11-12,14H,7-10,13H2. The molecule has 1 aliphatic heterocycles. The first kappa shape index (κ1) is 17.6. The van der Waals surface area contributed by atoms with Gasteiger partial charge in [0.25, 0.3) is 5.91 Å². The smallest absolute Gasteiger partial charge is 0.289 e. The number of hydrogen-bond acceptors (Lipinski definition) is 6. The summed E-state index contributed by atoms with van der Waals surface area (Å²) in [6.07, 6.45) is 0. The highest BCUT2D eigenvalue weighted by Gasteiger charge is 2.25. The van der Waals surface area contributed by atoms with Crippen molar-refractivity contribution in [2.24, 2.45) is 0 Å². The molecule has 0 radical (unpaired) electrons. The molecule has 28 heavy (non-hydrogen) atoms. The fourth-order valence-corrected chi connectivity index (χ4v) is 5.06. The first-order chi connectivity index (χ1) is 13.8. The summed E-state index contributed by atoms with van der Waals surface area (Å²) < 4.78 is 5.73. The van der Waals surface area contributed by atoms with Gasteiger partial charge in [0.2, 0.25) is 0 Å². The zero-order chi connectivity index (χ0) is 18.9. The number of piperazine rings is 1. The van der Waals surface area contributed by atoms with Gasteiger partial charge < -0.3 is 9.32 Å². The van der Waals surface area contributed by atoms with E-state index in [0.717, 1.165) is 41.3 Å². The minimum atomic E-state index is -0.0231. The van der Waals surface area contributed by atoms with Crippen molar-refractivity contribution in [2.45, 2.75) is 6.54 Å². The number of nitrogens with zero attached hydrogens (tertiary/aromatic N) is 3. The van der Waals surface area contributed by atoms with Gasteiger partial charge in [-0.15, -0.1) is 22.7 Å². The predicted octanol–water partition coefficient (Wildman–Crippen LogP) is 4.58. The molecule has 1 saturated heterocycles. The highest BCUT2D eigenvalue weighted by atomic mass is 32.1. The molecule has 4 heterocycles. The van der Waals surface area contributed by atoms with Gasteiger partial charge in [-0.1, -0.05) is 24.3 Å². The lowest BCUT2D eigenvalue weighted by molar-refractivity contribution is 0.0600. The summed E-state index contributed by atoms with van der Waals surface area (Å²) in [7, 11) is 0. The number of thiophene rings is 1. The Labute approximate surface area is 170 Å². The molecule has 0 spiro atoms. The number of fused-ring (bicyclic) bond motifs is 1. The first-order valence-electron chi connectivity index (χ1n) is 9.25. The van der Waals surface area contributed by atoms with Crippen molar-refractivity contribution in [1.82, 2.24) is 14.8 Å². The second-order valence-electron chi connectivity index (χ2n) is 6.82. The van der Waals surface area contributed by atoms with Crippen LogP contribution in [-0.2, 0) is 6.54 Å². The van der Waals surface area contributed by atoms with Crippen LogP contribution in [0, 0.1) is 0 Å². The Morgan fingerprint density at radius 2 is 1.93 bits per heavy atom. The molecule has 1 aliphatic rings. The molecule has 142 valence electrons. The summed E-state index contributed by atoms with van der Waals surface area (Å²) in [5, 5.41) is 6.30. The maximum atomic E-state index is 12.8. The summed E-state index contributed by atoms with van der Waals surface area (Å²) in [6.45, 7) is 3.94. The van der Waals surface area contributed by atoms with Crippen LogP contribution in [0.3, 0.4) is 0 Å². The molecule has 0 saturated carbocycles. The topological polar surface area (TPSA) is 49.6 Å². The second-order valence-corrected chi connectivity index (χ2v) is 8.71. The van der Waals surface area contributed by atoms with Gasteiger partial charge in [-0.3, -0.25) is 9.69 Å². The van der Waals surface area contributed by atoms with Crippen LogP contribution in [0.4, 0.5) is 0 Å². The van der Waals surface area contributed by atoms with Crippen molar-refractivity contribution >= 4 is 39.5 Å². The number of rotatable bonds is 4. The average molecular weight is 410 g/mol. The summed E-state index contributed by atoms with van der Waals surface area (Å²) in [6, 6.07) is 13.7. The van der Waals surface area contributed by atoms with Crippen molar-refractivity contribution in [1.29, 1.82) is 0 Å². The summed E-state index contributed by atoms with van der Waals surface area (Å²) in [5.74, 6) is 0.403. The van der Waals surface area contributed by atoms with E-state index < -0.39 is 0 Å². The van der Waals surface area contributed by atoms with Gasteiger partial charge in [-0.2, -0.15) is 0 Å². The molecule has 1 fully saturated rings. The van der Waals surface area contributed by atoms with Crippen molar-refractivity contribution in [3.8, 4) is 10.6 Å². The van der Waals surface area contributed by atoms with Gasteiger partial charge in [0.1, 0.15) is 10.6 Å². The highest BCUT2D eigenvalue weighted by molar-refractivity contribution is 7.14. The molecule has 0 bridgehead atoms. The van der Waals surface area contributed by atoms with Crippen molar-refractivity contribution in [3.05, 3.63) is 64.0 Å². The van der Waals surface area contributed by atoms with Gasteiger partial charge in [-0.25, -0.2) is 4.98 Å². The Morgan fingerprint density at radius 1 is 1.07 bits per heavy atom. The van der Waals surface area contributed by atoms with E-state index in [1.807, 2.05) is 35.2 Å².